The zero-order valence-electron chi connectivity index (χ0n) is 14.5. The first kappa shape index (κ1) is 18.1. The topological polar surface area (TPSA) is 36.5 Å². The van der Waals surface area contributed by atoms with Gasteiger partial charge in [-0.3, -0.25) is 0 Å². The molecule has 2 aromatic rings. The largest absolute Gasteiger partial charge is 0.491 e. The van der Waals surface area contributed by atoms with Gasteiger partial charge < -0.3 is 20.3 Å². The van der Waals surface area contributed by atoms with E-state index in [4.69, 9.17) is 17.0 Å². The average Bonchev–Trinajstić information content (AvgIpc) is 2.55. The van der Waals surface area contributed by atoms with Gasteiger partial charge in [-0.05, 0) is 50.3 Å². The number of hydrogen-bond acceptors (Lipinski definition) is 3. The fourth-order valence-corrected chi connectivity index (χ4v) is 2.46. The van der Waals surface area contributed by atoms with E-state index in [1.807, 2.05) is 56.3 Å². The smallest absolute Gasteiger partial charge is 0.170 e. The SMILES string of the molecule is CC(C)Oc1cccc(NC(=S)NCCN(C)c2ccccc2)c1. The van der Waals surface area contributed by atoms with E-state index >= 15 is 0 Å². The lowest BCUT2D eigenvalue weighted by Gasteiger charge is -2.20. The molecule has 0 atom stereocenters. The highest BCUT2D eigenvalue weighted by atomic mass is 32.1. The number of para-hydroxylation sites is 1. The van der Waals surface area contributed by atoms with Crippen LogP contribution >= 0.6 is 12.2 Å². The van der Waals surface area contributed by atoms with Crippen LogP contribution in [0, 0.1) is 0 Å². The van der Waals surface area contributed by atoms with Gasteiger partial charge in [0.05, 0.1) is 6.10 Å². The normalized spacial score (nSPS) is 10.3. The predicted molar refractivity (Wildman–Crippen MR) is 106 cm³/mol. The maximum Gasteiger partial charge on any atom is 0.170 e. The summed E-state index contributed by atoms with van der Waals surface area (Å²) in [6, 6.07) is 18.1. The van der Waals surface area contributed by atoms with Crippen LogP contribution in [0.2, 0.25) is 0 Å². The number of likely N-dealkylation sites (N-methyl/N-ethyl adjacent to an activating group) is 1. The highest BCUT2D eigenvalue weighted by molar-refractivity contribution is 7.80. The van der Waals surface area contributed by atoms with Crippen LogP contribution in [0.4, 0.5) is 11.4 Å². The first-order chi connectivity index (χ1) is 11.5. The molecule has 2 aromatic carbocycles. The van der Waals surface area contributed by atoms with E-state index in [0.29, 0.717) is 5.11 Å². The Kier molecular flexibility index (Phi) is 6.88. The first-order valence-corrected chi connectivity index (χ1v) is 8.53. The summed E-state index contributed by atoms with van der Waals surface area (Å²) in [5, 5.41) is 7.03. The van der Waals surface area contributed by atoms with Gasteiger partial charge in [0.2, 0.25) is 0 Å². The number of rotatable bonds is 7. The second-order valence-electron chi connectivity index (χ2n) is 5.83. The van der Waals surface area contributed by atoms with Crippen molar-refractivity contribution >= 4 is 28.7 Å². The molecular formula is C19H25N3OS. The summed E-state index contributed by atoms with van der Waals surface area (Å²) in [5.41, 5.74) is 2.11. The number of hydrogen-bond donors (Lipinski definition) is 2. The van der Waals surface area contributed by atoms with Crippen molar-refractivity contribution in [2.24, 2.45) is 0 Å². The number of thiocarbonyl (C=S) groups is 1. The van der Waals surface area contributed by atoms with Crippen LogP contribution in [0.1, 0.15) is 13.8 Å². The Balaban J connectivity index is 1.77. The molecule has 0 amide bonds. The Morgan fingerprint density at radius 1 is 1.12 bits per heavy atom. The van der Waals surface area contributed by atoms with Crippen molar-refractivity contribution in [2.75, 3.05) is 30.4 Å². The molecule has 5 heteroatoms. The summed E-state index contributed by atoms with van der Waals surface area (Å²) in [6.45, 7) is 5.65. The predicted octanol–water partition coefficient (Wildman–Crippen LogP) is 3.90. The Morgan fingerprint density at radius 3 is 2.58 bits per heavy atom. The van der Waals surface area contributed by atoms with Gasteiger partial charge in [-0.25, -0.2) is 0 Å². The molecule has 24 heavy (non-hydrogen) atoms. The monoisotopic (exact) mass is 343 g/mol. The Bertz CT molecular complexity index is 646. The highest BCUT2D eigenvalue weighted by Crippen LogP contribution is 2.18. The molecule has 0 bridgehead atoms. The van der Waals surface area contributed by atoms with Crippen molar-refractivity contribution in [3.63, 3.8) is 0 Å². The maximum atomic E-state index is 5.69. The molecule has 0 radical (unpaired) electrons. The molecule has 0 heterocycles. The summed E-state index contributed by atoms with van der Waals surface area (Å²) < 4.78 is 5.69. The summed E-state index contributed by atoms with van der Waals surface area (Å²) in [7, 11) is 2.07. The zero-order chi connectivity index (χ0) is 17.4. The van der Waals surface area contributed by atoms with Crippen LogP contribution in [-0.4, -0.2) is 31.4 Å². The van der Waals surface area contributed by atoms with Crippen LogP contribution in [0.15, 0.2) is 54.6 Å². The van der Waals surface area contributed by atoms with Gasteiger partial charge in [0.25, 0.3) is 0 Å². The van der Waals surface area contributed by atoms with Crippen molar-refractivity contribution in [1.29, 1.82) is 0 Å². The third kappa shape index (κ3) is 6.08. The van der Waals surface area contributed by atoms with Gasteiger partial charge in [-0.2, -0.15) is 0 Å². The molecule has 0 saturated heterocycles. The molecular weight excluding hydrogens is 318 g/mol. The van der Waals surface area contributed by atoms with E-state index in [1.54, 1.807) is 0 Å². The third-order valence-corrected chi connectivity index (χ3v) is 3.64. The lowest BCUT2D eigenvalue weighted by Crippen LogP contribution is -2.35. The molecule has 0 aliphatic rings. The van der Waals surface area contributed by atoms with Crippen LogP contribution < -0.4 is 20.3 Å². The molecule has 0 saturated carbocycles. The van der Waals surface area contributed by atoms with Gasteiger partial charge >= 0.3 is 0 Å². The van der Waals surface area contributed by atoms with Crippen molar-refractivity contribution in [1.82, 2.24) is 5.32 Å². The van der Waals surface area contributed by atoms with Crippen LogP contribution in [0.25, 0.3) is 0 Å². The molecule has 0 unspecified atom stereocenters. The minimum atomic E-state index is 0.152. The van der Waals surface area contributed by atoms with E-state index in [2.05, 4.69) is 34.7 Å². The van der Waals surface area contributed by atoms with Crippen LogP contribution in [-0.2, 0) is 0 Å². The lowest BCUT2D eigenvalue weighted by atomic mass is 10.3. The number of anilines is 2. The standard InChI is InChI=1S/C19H25N3OS/c1-15(2)23-18-11-7-8-16(14-18)21-19(24)20-12-13-22(3)17-9-5-4-6-10-17/h4-11,14-15H,12-13H2,1-3H3,(H2,20,21,24). The minimum Gasteiger partial charge on any atom is -0.491 e. The molecule has 0 aliphatic heterocycles. The molecule has 2 N–H and O–H groups in total. The molecule has 4 nitrogen and oxygen atoms in total. The fourth-order valence-electron chi connectivity index (χ4n) is 2.24. The number of nitrogens with one attached hydrogen (secondary N) is 2. The quantitative estimate of drug-likeness (QED) is 0.746. The highest BCUT2D eigenvalue weighted by Gasteiger charge is 2.03. The van der Waals surface area contributed by atoms with Crippen molar-refractivity contribution < 1.29 is 4.74 Å². The minimum absolute atomic E-state index is 0.152. The van der Waals surface area contributed by atoms with E-state index in [-0.39, 0.29) is 6.10 Å². The van der Waals surface area contributed by atoms with Gasteiger partial charge in [-0.15, -0.1) is 0 Å². The Labute approximate surface area is 149 Å². The average molecular weight is 343 g/mol. The van der Waals surface area contributed by atoms with E-state index in [0.717, 1.165) is 24.5 Å². The summed E-state index contributed by atoms with van der Waals surface area (Å²) in [5.74, 6) is 0.835. The molecule has 0 fully saturated rings. The lowest BCUT2D eigenvalue weighted by molar-refractivity contribution is 0.242. The van der Waals surface area contributed by atoms with Crippen molar-refractivity contribution in [3.05, 3.63) is 54.6 Å². The second-order valence-corrected chi connectivity index (χ2v) is 6.24. The third-order valence-electron chi connectivity index (χ3n) is 3.39. The number of benzene rings is 2. The van der Waals surface area contributed by atoms with Gasteiger partial charge in [-0.1, -0.05) is 24.3 Å². The van der Waals surface area contributed by atoms with Gasteiger partial charge in [0.15, 0.2) is 5.11 Å². The summed E-state index contributed by atoms with van der Waals surface area (Å²) >= 11 is 5.35. The van der Waals surface area contributed by atoms with Crippen LogP contribution in [0.5, 0.6) is 5.75 Å². The maximum absolute atomic E-state index is 5.69. The molecule has 0 aromatic heterocycles. The Morgan fingerprint density at radius 2 is 1.88 bits per heavy atom. The van der Waals surface area contributed by atoms with Crippen molar-refractivity contribution in [3.8, 4) is 5.75 Å². The Hall–Kier alpha value is -2.27. The van der Waals surface area contributed by atoms with Gasteiger partial charge in [0.1, 0.15) is 5.75 Å². The summed E-state index contributed by atoms with van der Waals surface area (Å²) in [4.78, 5) is 2.19. The van der Waals surface area contributed by atoms with Gasteiger partial charge in [0, 0.05) is 37.6 Å². The first-order valence-electron chi connectivity index (χ1n) is 8.12. The molecule has 0 spiro atoms. The molecule has 0 aliphatic carbocycles. The molecule has 128 valence electrons. The summed E-state index contributed by atoms with van der Waals surface area (Å²) in [6.07, 6.45) is 0.152. The van der Waals surface area contributed by atoms with E-state index in [9.17, 15) is 0 Å². The number of nitrogens with zero attached hydrogens (tertiary/aromatic N) is 1. The second kappa shape index (κ2) is 9.13. The van der Waals surface area contributed by atoms with E-state index < -0.39 is 0 Å². The zero-order valence-corrected chi connectivity index (χ0v) is 15.3. The van der Waals surface area contributed by atoms with E-state index in [1.165, 1.54) is 5.69 Å². The number of ether oxygens (including phenoxy) is 1. The fraction of sp³-hybridized carbons (Fsp3) is 0.316. The molecule has 2 rings (SSSR count). The van der Waals surface area contributed by atoms with Crippen LogP contribution in [0.3, 0.4) is 0 Å². The van der Waals surface area contributed by atoms with Crippen molar-refractivity contribution in [2.45, 2.75) is 20.0 Å².